The molecule has 13 heteroatoms. The standard InChI is InChI=1S/C37H64N6O7/c1-22(2)25-18-19-43(29(25)32(46)39-26(30(44)31(38)45)20-23-14-13-15-23)33(47)28(24-16-11-10-12-17-24)41-34(48)40-27(36(3,4)5)21-42(9)35(49)50-37(6,7)8/h22-29H,10-21H2,1-9H3,(H2,38,45)(H,39,46)(H2,40,41,48)/t25-,26?,27-,28+,29+/m1/s1. The van der Waals surface area contributed by atoms with Crippen LogP contribution in [0.1, 0.15) is 120 Å². The van der Waals surface area contributed by atoms with Gasteiger partial charge in [0.2, 0.25) is 17.6 Å². The Labute approximate surface area is 298 Å². The number of hydrogen-bond donors (Lipinski definition) is 4. The van der Waals surface area contributed by atoms with E-state index in [0.29, 0.717) is 19.4 Å². The van der Waals surface area contributed by atoms with Gasteiger partial charge in [0, 0.05) is 20.1 Å². The van der Waals surface area contributed by atoms with Gasteiger partial charge in [-0.15, -0.1) is 0 Å². The number of ketones is 1. The van der Waals surface area contributed by atoms with E-state index in [0.717, 1.165) is 51.4 Å². The number of nitrogens with two attached hydrogens (primary N) is 1. The number of amides is 6. The molecule has 2 aliphatic carbocycles. The van der Waals surface area contributed by atoms with E-state index in [2.05, 4.69) is 16.0 Å². The summed E-state index contributed by atoms with van der Waals surface area (Å²) in [6.45, 7) is 15.8. The molecule has 0 aromatic rings. The molecule has 0 radical (unpaired) electrons. The predicted octanol–water partition coefficient (Wildman–Crippen LogP) is 4.12. The molecule has 0 aromatic heterocycles. The van der Waals surface area contributed by atoms with Gasteiger partial charge in [-0.3, -0.25) is 19.2 Å². The number of urea groups is 1. The summed E-state index contributed by atoms with van der Waals surface area (Å²) in [5.74, 6) is -2.74. The molecule has 5 N–H and O–H groups in total. The van der Waals surface area contributed by atoms with Gasteiger partial charge in [-0.2, -0.15) is 0 Å². The molecule has 1 aliphatic heterocycles. The molecule has 3 aliphatic rings. The van der Waals surface area contributed by atoms with Crippen LogP contribution in [-0.2, 0) is 23.9 Å². The summed E-state index contributed by atoms with van der Waals surface area (Å²) in [6, 6.07) is -3.79. The zero-order valence-corrected chi connectivity index (χ0v) is 31.9. The van der Waals surface area contributed by atoms with E-state index in [1.54, 1.807) is 32.7 Å². The van der Waals surface area contributed by atoms with E-state index >= 15 is 0 Å². The van der Waals surface area contributed by atoms with Gasteiger partial charge in [-0.25, -0.2) is 9.59 Å². The number of primary amides is 1. The first-order chi connectivity index (χ1) is 23.2. The molecule has 2 saturated carbocycles. The van der Waals surface area contributed by atoms with E-state index in [1.807, 2.05) is 34.6 Å². The molecule has 13 nitrogen and oxygen atoms in total. The topological polar surface area (TPSA) is 180 Å². The van der Waals surface area contributed by atoms with Crippen LogP contribution in [-0.4, -0.2) is 95.3 Å². The van der Waals surface area contributed by atoms with E-state index in [1.165, 1.54) is 4.90 Å². The lowest BCUT2D eigenvalue weighted by Gasteiger charge is -2.38. The molecule has 0 bridgehead atoms. The summed E-state index contributed by atoms with van der Waals surface area (Å²) in [7, 11) is 1.62. The van der Waals surface area contributed by atoms with Crippen molar-refractivity contribution < 1.29 is 33.5 Å². The molecule has 1 unspecified atom stereocenters. The Morgan fingerprint density at radius 1 is 0.860 bits per heavy atom. The van der Waals surface area contributed by atoms with Gasteiger partial charge in [0.05, 0.1) is 12.1 Å². The number of likely N-dealkylation sites (tertiary alicyclic amines) is 1. The first-order valence-electron chi connectivity index (χ1n) is 18.6. The average Bonchev–Trinajstić information content (AvgIpc) is 3.45. The number of carbonyl (C=O) groups is 6. The third-order valence-electron chi connectivity index (χ3n) is 10.7. The Bertz CT molecular complexity index is 1230. The second kappa shape index (κ2) is 17.2. The normalized spacial score (nSPS) is 22.2. The largest absolute Gasteiger partial charge is 0.444 e. The van der Waals surface area contributed by atoms with E-state index in [4.69, 9.17) is 10.5 Å². The molecule has 5 atom stereocenters. The van der Waals surface area contributed by atoms with Crippen molar-refractivity contribution in [3.8, 4) is 0 Å². The zero-order chi connectivity index (χ0) is 37.6. The van der Waals surface area contributed by atoms with Crippen LogP contribution in [0.5, 0.6) is 0 Å². The number of nitrogens with one attached hydrogen (secondary N) is 3. The summed E-state index contributed by atoms with van der Waals surface area (Å²) >= 11 is 0. The summed E-state index contributed by atoms with van der Waals surface area (Å²) in [6.07, 6.45) is 7.73. The minimum Gasteiger partial charge on any atom is -0.444 e. The third-order valence-corrected chi connectivity index (χ3v) is 10.7. The molecular formula is C37H64N6O7. The molecule has 50 heavy (non-hydrogen) atoms. The Hall–Kier alpha value is -3.38. The number of likely N-dealkylation sites (N-methyl/N-ethyl adjacent to an activating group) is 1. The van der Waals surface area contributed by atoms with Crippen molar-refractivity contribution in [1.29, 1.82) is 0 Å². The summed E-state index contributed by atoms with van der Waals surface area (Å²) in [4.78, 5) is 82.9. The van der Waals surface area contributed by atoms with Crippen LogP contribution in [0.4, 0.5) is 9.59 Å². The number of hydrogen-bond acceptors (Lipinski definition) is 7. The van der Waals surface area contributed by atoms with Gasteiger partial charge in [-0.05, 0) is 75.5 Å². The maximum Gasteiger partial charge on any atom is 0.410 e. The number of ether oxygens (including phenoxy) is 1. The van der Waals surface area contributed by atoms with Crippen molar-refractivity contribution >= 4 is 35.6 Å². The minimum absolute atomic E-state index is 0.0550. The number of carbonyl (C=O) groups excluding carboxylic acids is 6. The minimum atomic E-state index is -1.09. The summed E-state index contributed by atoms with van der Waals surface area (Å²) in [5.41, 5.74) is 4.25. The van der Waals surface area contributed by atoms with Crippen LogP contribution in [0.15, 0.2) is 0 Å². The van der Waals surface area contributed by atoms with Gasteiger partial charge >= 0.3 is 12.1 Å². The fourth-order valence-electron chi connectivity index (χ4n) is 7.41. The highest BCUT2D eigenvalue weighted by atomic mass is 16.6. The van der Waals surface area contributed by atoms with Crippen molar-refractivity contribution in [3.05, 3.63) is 0 Å². The van der Waals surface area contributed by atoms with Crippen LogP contribution in [0.3, 0.4) is 0 Å². The summed E-state index contributed by atoms with van der Waals surface area (Å²) < 4.78 is 5.52. The average molecular weight is 705 g/mol. The van der Waals surface area contributed by atoms with Crippen molar-refractivity contribution in [2.24, 2.45) is 34.8 Å². The quantitative estimate of drug-likeness (QED) is 0.208. The van der Waals surface area contributed by atoms with Crippen LogP contribution in [0.2, 0.25) is 0 Å². The lowest BCUT2D eigenvalue weighted by molar-refractivity contribution is -0.144. The Kier molecular flexibility index (Phi) is 14.1. The second-order valence-electron chi connectivity index (χ2n) is 17.3. The number of nitrogens with zero attached hydrogens (tertiary/aromatic N) is 2. The fraction of sp³-hybridized carbons (Fsp3) is 0.838. The van der Waals surface area contributed by atoms with Crippen LogP contribution >= 0.6 is 0 Å². The smallest absolute Gasteiger partial charge is 0.410 e. The zero-order valence-electron chi connectivity index (χ0n) is 31.9. The van der Waals surface area contributed by atoms with Crippen LogP contribution in [0, 0.1) is 29.1 Å². The first-order valence-corrected chi connectivity index (χ1v) is 18.6. The first kappa shape index (κ1) is 41.0. The molecule has 1 saturated heterocycles. The molecule has 6 amide bonds. The fourth-order valence-corrected chi connectivity index (χ4v) is 7.41. The molecule has 0 aromatic carbocycles. The van der Waals surface area contributed by atoms with Gasteiger partial charge in [0.25, 0.3) is 5.91 Å². The molecule has 3 fully saturated rings. The van der Waals surface area contributed by atoms with Crippen LogP contribution in [0.25, 0.3) is 0 Å². The highest BCUT2D eigenvalue weighted by Gasteiger charge is 2.47. The molecule has 3 rings (SSSR count). The number of rotatable bonds is 13. The maximum atomic E-state index is 14.6. The second-order valence-corrected chi connectivity index (χ2v) is 17.3. The lowest BCUT2D eigenvalue weighted by Crippen LogP contribution is -2.61. The monoisotopic (exact) mass is 704 g/mol. The molecule has 0 spiro atoms. The van der Waals surface area contributed by atoms with Crippen molar-refractivity contribution in [3.63, 3.8) is 0 Å². The highest BCUT2D eigenvalue weighted by molar-refractivity contribution is 6.37. The van der Waals surface area contributed by atoms with Crippen molar-refractivity contribution in [1.82, 2.24) is 25.8 Å². The third kappa shape index (κ3) is 11.3. The van der Waals surface area contributed by atoms with Gasteiger partial charge in [0.15, 0.2) is 0 Å². The van der Waals surface area contributed by atoms with Gasteiger partial charge < -0.3 is 36.2 Å². The number of Topliss-reactive ketones (excluding diaryl/α,β-unsaturated/α-hetero) is 1. The predicted molar refractivity (Wildman–Crippen MR) is 191 cm³/mol. The Balaban J connectivity index is 1.84. The molecular weight excluding hydrogens is 640 g/mol. The molecule has 1 heterocycles. The van der Waals surface area contributed by atoms with Gasteiger partial charge in [-0.1, -0.05) is 73.1 Å². The van der Waals surface area contributed by atoms with E-state index < -0.39 is 64.9 Å². The van der Waals surface area contributed by atoms with E-state index in [-0.39, 0.29) is 36.1 Å². The van der Waals surface area contributed by atoms with Crippen LogP contribution < -0.4 is 21.7 Å². The Morgan fingerprint density at radius 2 is 1.48 bits per heavy atom. The van der Waals surface area contributed by atoms with Gasteiger partial charge in [0.1, 0.15) is 17.7 Å². The maximum absolute atomic E-state index is 14.6. The summed E-state index contributed by atoms with van der Waals surface area (Å²) in [5, 5.41) is 8.86. The molecule has 284 valence electrons. The van der Waals surface area contributed by atoms with E-state index in [9.17, 15) is 28.8 Å². The Morgan fingerprint density at radius 3 is 1.98 bits per heavy atom. The SMILES string of the molecule is CC(C)[C@H]1CCN(C(=O)[C@@H](NC(=O)N[C@H](CN(C)C(=O)OC(C)(C)C)C(C)(C)C)C2CCCCC2)[C@@H]1C(=O)NC(CC1CCC1)C(=O)C(N)=O. The van der Waals surface area contributed by atoms with Crippen molar-refractivity contribution in [2.75, 3.05) is 20.1 Å². The highest BCUT2D eigenvalue weighted by Crippen LogP contribution is 2.35. The lowest BCUT2D eigenvalue weighted by atomic mass is 9.80. The van der Waals surface area contributed by atoms with Crippen molar-refractivity contribution in [2.45, 2.75) is 149 Å².